The zero-order valence-corrected chi connectivity index (χ0v) is 34.8. The van der Waals surface area contributed by atoms with Crippen LogP contribution in [-0.4, -0.2) is 19.5 Å². The normalized spacial score (nSPS) is 15.0. The van der Waals surface area contributed by atoms with Crippen LogP contribution in [0.4, 0.5) is 0 Å². The van der Waals surface area contributed by atoms with Crippen molar-refractivity contribution >= 4 is 44.6 Å². The molecule has 1 spiro atoms. The zero-order chi connectivity index (χ0) is 41.9. The molecule has 0 saturated carbocycles. The van der Waals surface area contributed by atoms with Crippen molar-refractivity contribution in [1.82, 2.24) is 19.5 Å². The quantitative estimate of drug-likeness (QED) is 0.163. The molecule has 0 radical (unpaired) electrons. The highest BCUT2D eigenvalue weighted by Gasteiger charge is 2.51. The molecule has 0 bridgehead atoms. The summed E-state index contributed by atoms with van der Waals surface area (Å²) in [6.45, 7) is 0. The van der Waals surface area contributed by atoms with E-state index in [1.165, 1.54) is 82.0 Å². The molecule has 64 heavy (non-hydrogen) atoms. The molecule has 11 aromatic rings. The van der Waals surface area contributed by atoms with Gasteiger partial charge in [-0.3, -0.25) is 0 Å². The first kappa shape index (κ1) is 35.4. The van der Waals surface area contributed by atoms with Gasteiger partial charge in [0, 0.05) is 38.7 Å². The van der Waals surface area contributed by atoms with Gasteiger partial charge in [0.25, 0.3) is 0 Å². The summed E-state index contributed by atoms with van der Waals surface area (Å²) in [6, 6.07) is 72.8. The predicted octanol–water partition coefficient (Wildman–Crippen LogP) is 12.5. The molecular formula is C60H38N4. The summed E-state index contributed by atoms with van der Waals surface area (Å²) >= 11 is 0. The summed E-state index contributed by atoms with van der Waals surface area (Å²) in [5.41, 5.74) is 14.3. The first-order chi connectivity index (χ1) is 31.7. The van der Waals surface area contributed by atoms with E-state index >= 15 is 0 Å². The van der Waals surface area contributed by atoms with Crippen molar-refractivity contribution in [3.05, 3.63) is 239 Å². The second-order valence-corrected chi connectivity index (χ2v) is 17.4. The van der Waals surface area contributed by atoms with Gasteiger partial charge in [0.05, 0.1) is 10.9 Å². The van der Waals surface area contributed by atoms with Crippen molar-refractivity contribution in [1.29, 1.82) is 0 Å². The van der Waals surface area contributed by atoms with Gasteiger partial charge >= 0.3 is 0 Å². The van der Waals surface area contributed by atoms with E-state index in [-0.39, 0.29) is 5.92 Å². The Morgan fingerprint density at radius 3 is 1.78 bits per heavy atom. The number of hydrogen-bond acceptors (Lipinski definition) is 3. The Bertz CT molecular complexity index is 3800. The SMILES string of the molecule is C1=c2c(n(-c3ccccc3)c3ccccc23)=CCC1c1nc(-c2ccccc2)nc(-c2ccc(-c3cccc4c3-c3ccccc3C43c4cccc5ccc6cccc3c6c45)cc2)n1. The van der Waals surface area contributed by atoms with Gasteiger partial charge in [0.1, 0.15) is 5.82 Å². The van der Waals surface area contributed by atoms with Gasteiger partial charge in [0.2, 0.25) is 0 Å². The lowest BCUT2D eigenvalue weighted by Crippen LogP contribution is -2.32. The van der Waals surface area contributed by atoms with Crippen LogP contribution in [0.15, 0.2) is 200 Å². The van der Waals surface area contributed by atoms with Gasteiger partial charge in [-0.15, -0.1) is 0 Å². The Balaban J connectivity index is 0.902. The standard InChI is InChI=1S/C60H38N4/c1-3-14-40(15-4-1)57-61-58(63-59(62-57)42-34-35-53-47(36-42)45-20-8-10-27-52(45)64(53)43-18-5-2-6-19-43)41-32-28-37(29-33-41)44-22-13-26-51-56(44)46-21-7-9-23-48(46)60(51)49-24-11-16-38-30-31-39-17-12-25-50(60)55(39)54(38)49/h1-33,35-36,42H,34H2. The molecule has 0 N–H and O–H groups in total. The zero-order valence-electron chi connectivity index (χ0n) is 34.8. The highest BCUT2D eigenvalue weighted by Crippen LogP contribution is 2.63. The number of benzene rings is 9. The molecule has 9 aromatic carbocycles. The largest absolute Gasteiger partial charge is 0.310 e. The molecule has 2 aromatic heterocycles. The third kappa shape index (κ3) is 4.85. The highest BCUT2D eigenvalue weighted by atomic mass is 15.0. The van der Waals surface area contributed by atoms with Crippen LogP contribution in [-0.2, 0) is 5.41 Å². The summed E-state index contributed by atoms with van der Waals surface area (Å²) in [6.07, 6.45) is 5.51. The van der Waals surface area contributed by atoms with Crippen LogP contribution < -0.4 is 10.6 Å². The molecule has 4 heteroatoms. The van der Waals surface area contributed by atoms with Gasteiger partial charge in [-0.2, -0.15) is 0 Å². The summed E-state index contributed by atoms with van der Waals surface area (Å²) < 4.78 is 2.38. The van der Waals surface area contributed by atoms with Crippen LogP contribution in [0.3, 0.4) is 0 Å². The third-order valence-corrected chi connectivity index (χ3v) is 14.1. The molecule has 4 nitrogen and oxygen atoms in total. The van der Waals surface area contributed by atoms with Gasteiger partial charge < -0.3 is 4.57 Å². The van der Waals surface area contributed by atoms with Gasteiger partial charge in [-0.1, -0.05) is 194 Å². The Morgan fingerprint density at radius 1 is 0.453 bits per heavy atom. The lowest BCUT2D eigenvalue weighted by atomic mass is 9.70. The minimum atomic E-state index is -0.398. The van der Waals surface area contributed by atoms with E-state index in [1.54, 1.807) is 0 Å². The lowest BCUT2D eigenvalue weighted by molar-refractivity contribution is 0.797. The number of nitrogens with zero attached hydrogens (tertiary/aromatic N) is 4. The maximum Gasteiger partial charge on any atom is 0.163 e. The van der Waals surface area contributed by atoms with Gasteiger partial charge in [-0.05, 0) is 90.7 Å². The van der Waals surface area contributed by atoms with E-state index in [2.05, 4.69) is 199 Å². The third-order valence-electron chi connectivity index (χ3n) is 14.1. The van der Waals surface area contributed by atoms with Crippen LogP contribution in [0.1, 0.15) is 40.4 Å². The Hall–Kier alpha value is -8.21. The Labute approximate surface area is 369 Å². The monoisotopic (exact) mass is 814 g/mol. The predicted molar refractivity (Wildman–Crippen MR) is 261 cm³/mol. The van der Waals surface area contributed by atoms with Gasteiger partial charge in [0.15, 0.2) is 11.6 Å². The van der Waals surface area contributed by atoms with Crippen molar-refractivity contribution < 1.29 is 0 Å². The maximum atomic E-state index is 5.29. The topological polar surface area (TPSA) is 43.6 Å². The molecule has 0 saturated heterocycles. The average Bonchev–Trinajstić information content (AvgIpc) is 3.98. The summed E-state index contributed by atoms with van der Waals surface area (Å²) in [5.74, 6) is 2.11. The lowest BCUT2D eigenvalue weighted by Gasteiger charge is -2.31. The van der Waals surface area contributed by atoms with Crippen molar-refractivity contribution in [2.75, 3.05) is 0 Å². The Morgan fingerprint density at radius 2 is 1.03 bits per heavy atom. The second-order valence-electron chi connectivity index (χ2n) is 17.4. The molecule has 14 rings (SSSR count). The molecule has 1 unspecified atom stereocenters. The molecule has 0 aliphatic heterocycles. The van der Waals surface area contributed by atoms with E-state index in [4.69, 9.17) is 15.0 Å². The Kier molecular flexibility index (Phi) is 7.41. The van der Waals surface area contributed by atoms with Crippen LogP contribution >= 0.6 is 0 Å². The maximum absolute atomic E-state index is 5.29. The van der Waals surface area contributed by atoms with E-state index in [0.717, 1.165) is 34.6 Å². The summed E-state index contributed by atoms with van der Waals surface area (Å²) in [5, 5.41) is 9.00. The fourth-order valence-electron chi connectivity index (χ4n) is 11.5. The number of para-hydroxylation sites is 2. The van der Waals surface area contributed by atoms with E-state index in [0.29, 0.717) is 11.6 Å². The van der Waals surface area contributed by atoms with Crippen LogP contribution in [0.5, 0.6) is 0 Å². The minimum Gasteiger partial charge on any atom is -0.310 e. The molecule has 3 aliphatic rings. The molecular weight excluding hydrogens is 777 g/mol. The van der Waals surface area contributed by atoms with Gasteiger partial charge in [-0.25, -0.2) is 15.0 Å². The van der Waals surface area contributed by atoms with Crippen LogP contribution in [0.25, 0.3) is 95.3 Å². The molecule has 298 valence electrons. The molecule has 1 atom stereocenters. The summed E-state index contributed by atoms with van der Waals surface area (Å²) in [7, 11) is 0. The first-order valence-electron chi connectivity index (χ1n) is 22.2. The average molecular weight is 815 g/mol. The molecule has 0 fully saturated rings. The number of rotatable bonds is 5. The van der Waals surface area contributed by atoms with Crippen LogP contribution in [0.2, 0.25) is 0 Å². The number of aromatic nitrogens is 4. The number of hydrogen-bond donors (Lipinski definition) is 0. The fraction of sp³-hybridized carbons (Fsp3) is 0.0500. The minimum absolute atomic E-state index is 0.0243. The smallest absolute Gasteiger partial charge is 0.163 e. The summed E-state index contributed by atoms with van der Waals surface area (Å²) in [4.78, 5) is 15.6. The van der Waals surface area contributed by atoms with E-state index in [9.17, 15) is 0 Å². The van der Waals surface area contributed by atoms with E-state index < -0.39 is 5.41 Å². The molecule has 2 heterocycles. The van der Waals surface area contributed by atoms with Crippen molar-refractivity contribution in [3.63, 3.8) is 0 Å². The highest BCUT2D eigenvalue weighted by molar-refractivity contribution is 6.17. The van der Waals surface area contributed by atoms with E-state index in [1.807, 2.05) is 18.2 Å². The van der Waals surface area contributed by atoms with Crippen molar-refractivity contribution in [2.45, 2.75) is 17.8 Å². The van der Waals surface area contributed by atoms with Crippen molar-refractivity contribution in [3.8, 4) is 50.7 Å². The molecule has 0 amide bonds. The van der Waals surface area contributed by atoms with Crippen molar-refractivity contribution in [2.24, 2.45) is 0 Å². The van der Waals surface area contributed by atoms with Crippen LogP contribution in [0, 0.1) is 0 Å². The molecule has 3 aliphatic carbocycles. The first-order valence-corrected chi connectivity index (χ1v) is 22.2. The number of fused-ring (bicyclic) bond motifs is 10. The fourth-order valence-corrected chi connectivity index (χ4v) is 11.5. The second kappa shape index (κ2) is 13.4.